The van der Waals surface area contributed by atoms with Gasteiger partial charge in [-0.15, -0.1) is 23.2 Å². The zero-order chi connectivity index (χ0) is 9.07. The fourth-order valence-corrected chi connectivity index (χ4v) is 7.92. The van der Waals surface area contributed by atoms with Gasteiger partial charge in [0.05, 0.1) is 0 Å². The van der Waals surface area contributed by atoms with E-state index in [1.54, 1.807) is 0 Å². The lowest BCUT2D eigenvalue weighted by Crippen LogP contribution is -2.54. The maximum atomic E-state index is 5.81. The van der Waals surface area contributed by atoms with Crippen molar-refractivity contribution in [2.24, 2.45) is 0 Å². The minimum atomic E-state index is -1.16. The minimum Gasteiger partial charge on any atom is -0.348 e. The second-order valence-electron chi connectivity index (χ2n) is 3.56. The first-order valence-corrected chi connectivity index (χ1v) is 10.0. The van der Waals surface area contributed by atoms with E-state index < -0.39 is 17.2 Å². The van der Waals surface area contributed by atoms with Crippen molar-refractivity contribution < 1.29 is 0 Å². The van der Waals surface area contributed by atoms with Crippen LogP contribution in [0.5, 0.6) is 0 Å². The number of rotatable bonds is 4. The molecule has 0 rings (SSSR count). The first-order valence-electron chi connectivity index (χ1n) is 3.64. The second-order valence-corrected chi connectivity index (χ2v) is 13.0. The van der Waals surface area contributed by atoms with E-state index in [0.717, 1.165) is 11.0 Å². The van der Waals surface area contributed by atoms with Gasteiger partial charge < -0.3 is 4.23 Å². The molecule has 0 amide bonds. The first-order chi connectivity index (χ1) is 4.93. The van der Waals surface area contributed by atoms with Crippen molar-refractivity contribution in [3.05, 3.63) is 0 Å². The summed E-state index contributed by atoms with van der Waals surface area (Å²) in [6.07, 6.45) is 0. The molecular formula is C6H16Cl2NSi2. The van der Waals surface area contributed by atoms with Crippen LogP contribution in [0.15, 0.2) is 0 Å². The van der Waals surface area contributed by atoms with E-state index in [1.165, 1.54) is 0 Å². The Morgan fingerprint density at radius 3 is 1.64 bits per heavy atom. The lowest BCUT2D eigenvalue weighted by Gasteiger charge is -2.34. The average Bonchev–Trinajstić information content (AvgIpc) is 1.88. The monoisotopic (exact) mass is 228 g/mol. The Labute approximate surface area is 82.4 Å². The van der Waals surface area contributed by atoms with Crippen LogP contribution in [0.1, 0.15) is 0 Å². The Morgan fingerprint density at radius 2 is 1.55 bits per heavy atom. The molecule has 11 heavy (non-hydrogen) atoms. The molecule has 0 aliphatic carbocycles. The highest BCUT2D eigenvalue weighted by Crippen LogP contribution is 2.10. The average molecular weight is 229 g/mol. The minimum absolute atomic E-state index is 0.632. The second kappa shape index (κ2) is 4.87. The van der Waals surface area contributed by atoms with E-state index in [9.17, 15) is 0 Å². The van der Waals surface area contributed by atoms with E-state index in [1.807, 2.05) is 0 Å². The summed E-state index contributed by atoms with van der Waals surface area (Å²) in [5, 5.41) is 0. The highest BCUT2D eigenvalue weighted by atomic mass is 35.5. The van der Waals surface area contributed by atoms with Gasteiger partial charge in [0.25, 0.3) is 0 Å². The number of nitrogens with zero attached hydrogens (tertiary/aromatic N) is 1. The fourth-order valence-electron chi connectivity index (χ4n) is 0.689. The molecule has 0 fully saturated rings. The summed E-state index contributed by atoms with van der Waals surface area (Å²) in [4.78, 5) is 0. The number of hydrogen-bond donors (Lipinski definition) is 0. The summed E-state index contributed by atoms with van der Waals surface area (Å²) >= 11 is 11.6. The van der Waals surface area contributed by atoms with Crippen LogP contribution < -0.4 is 0 Å². The van der Waals surface area contributed by atoms with Gasteiger partial charge in [0.1, 0.15) is 8.24 Å². The molecule has 0 N–H and O–H groups in total. The highest BCUT2D eigenvalue weighted by Gasteiger charge is 2.27. The predicted molar refractivity (Wildman–Crippen MR) is 58.3 cm³/mol. The summed E-state index contributed by atoms with van der Waals surface area (Å²) in [7, 11) is 0.370. The molecule has 5 heteroatoms. The molecule has 1 nitrogen and oxygen atoms in total. The molecule has 0 aromatic carbocycles. The van der Waals surface area contributed by atoms with Crippen molar-refractivity contribution in [3.8, 4) is 0 Å². The Kier molecular flexibility index (Phi) is 5.30. The molecule has 0 saturated carbocycles. The fraction of sp³-hybridized carbons (Fsp3) is 1.00. The standard InChI is InChI=1S/C6H16Cl2NSi2/c1-9(11(2,3)4)10(5-7)6-8/h5-6H2,1-4H3. The lowest BCUT2D eigenvalue weighted by atomic mass is 11.6. The van der Waals surface area contributed by atoms with Crippen LogP contribution in [-0.4, -0.2) is 39.5 Å². The Balaban J connectivity index is 4.09. The van der Waals surface area contributed by atoms with E-state index in [4.69, 9.17) is 23.2 Å². The maximum Gasteiger partial charge on any atom is 0.160 e. The van der Waals surface area contributed by atoms with Gasteiger partial charge in [-0.05, 0) is 7.05 Å². The Morgan fingerprint density at radius 1 is 1.18 bits per heavy atom. The molecule has 1 radical (unpaired) electrons. The molecule has 0 aromatic heterocycles. The smallest absolute Gasteiger partial charge is 0.160 e. The van der Waals surface area contributed by atoms with Crippen molar-refractivity contribution in [1.82, 2.24) is 4.23 Å². The highest BCUT2D eigenvalue weighted by molar-refractivity contribution is 6.86. The predicted octanol–water partition coefficient (Wildman–Crippen LogP) is 2.30. The number of alkyl halides is 2. The van der Waals surface area contributed by atoms with Crippen LogP contribution in [0, 0.1) is 0 Å². The summed E-state index contributed by atoms with van der Waals surface area (Å²) in [6.45, 7) is 6.95. The molecule has 0 saturated heterocycles. The van der Waals surface area contributed by atoms with Gasteiger partial charge in [0, 0.05) is 11.0 Å². The van der Waals surface area contributed by atoms with Crippen molar-refractivity contribution >= 4 is 40.4 Å². The molecule has 0 bridgehead atoms. The Bertz CT molecular complexity index is 112. The largest absolute Gasteiger partial charge is 0.348 e. The molecule has 0 aliphatic rings. The zero-order valence-corrected chi connectivity index (χ0v) is 11.1. The molecule has 0 unspecified atom stereocenters. The quantitative estimate of drug-likeness (QED) is 0.528. The van der Waals surface area contributed by atoms with Crippen LogP contribution in [0.2, 0.25) is 19.6 Å². The van der Waals surface area contributed by atoms with E-state index in [2.05, 4.69) is 30.9 Å². The van der Waals surface area contributed by atoms with E-state index in [-0.39, 0.29) is 0 Å². The molecule has 0 aliphatic heterocycles. The van der Waals surface area contributed by atoms with Gasteiger partial charge in [0.15, 0.2) is 8.96 Å². The summed E-state index contributed by atoms with van der Waals surface area (Å²) < 4.78 is 2.44. The molecule has 67 valence electrons. The van der Waals surface area contributed by atoms with Crippen LogP contribution >= 0.6 is 23.2 Å². The van der Waals surface area contributed by atoms with Gasteiger partial charge in [-0.3, -0.25) is 0 Å². The molecule has 0 heterocycles. The molecule has 0 spiro atoms. The summed E-state index contributed by atoms with van der Waals surface area (Å²) in [5.41, 5.74) is 1.46. The van der Waals surface area contributed by atoms with Gasteiger partial charge >= 0.3 is 0 Å². The topological polar surface area (TPSA) is 3.24 Å². The maximum absolute atomic E-state index is 5.81. The van der Waals surface area contributed by atoms with Crippen molar-refractivity contribution in [2.75, 3.05) is 18.1 Å². The van der Waals surface area contributed by atoms with Crippen LogP contribution in [-0.2, 0) is 0 Å². The van der Waals surface area contributed by atoms with Gasteiger partial charge in [0.2, 0.25) is 0 Å². The Hall–Kier alpha value is 0.974. The number of halogens is 2. The summed E-state index contributed by atoms with van der Waals surface area (Å²) in [5.74, 6) is 0. The number of hydrogen-bond acceptors (Lipinski definition) is 1. The SMILES string of the molecule is CN([Si](CCl)CCl)[Si](C)(C)C. The summed E-state index contributed by atoms with van der Waals surface area (Å²) in [6, 6.07) is 0. The van der Waals surface area contributed by atoms with Crippen LogP contribution in [0.25, 0.3) is 0 Å². The van der Waals surface area contributed by atoms with Crippen molar-refractivity contribution in [3.63, 3.8) is 0 Å². The van der Waals surface area contributed by atoms with Crippen LogP contribution in [0.4, 0.5) is 0 Å². The first kappa shape index (κ1) is 12.0. The van der Waals surface area contributed by atoms with E-state index >= 15 is 0 Å². The zero-order valence-electron chi connectivity index (χ0n) is 7.62. The van der Waals surface area contributed by atoms with Crippen LogP contribution in [0.3, 0.4) is 0 Å². The molecular weight excluding hydrogens is 213 g/mol. The lowest BCUT2D eigenvalue weighted by molar-refractivity contribution is 0.780. The molecule has 0 aromatic rings. The third-order valence-electron chi connectivity index (χ3n) is 1.79. The van der Waals surface area contributed by atoms with Crippen molar-refractivity contribution in [2.45, 2.75) is 19.6 Å². The third-order valence-corrected chi connectivity index (χ3v) is 10.2. The van der Waals surface area contributed by atoms with Crippen molar-refractivity contribution in [1.29, 1.82) is 0 Å². The van der Waals surface area contributed by atoms with Gasteiger partial charge in [-0.2, -0.15) is 0 Å². The normalized spacial score (nSPS) is 13.1. The van der Waals surface area contributed by atoms with Gasteiger partial charge in [-0.25, -0.2) is 0 Å². The third kappa shape index (κ3) is 3.94. The molecule has 0 atom stereocenters. The van der Waals surface area contributed by atoms with E-state index in [0.29, 0.717) is 0 Å². The van der Waals surface area contributed by atoms with Gasteiger partial charge in [-0.1, -0.05) is 19.6 Å².